The first-order chi connectivity index (χ1) is 13.6. The molecule has 3 rings (SSSR count). The van der Waals surface area contributed by atoms with Gasteiger partial charge in [-0.05, 0) is 74.0 Å². The predicted octanol–water partition coefficient (Wildman–Crippen LogP) is 4.71. The van der Waals surface area contributed by atoms with Crippen LogP contribution < -0.4 is 14.8 Å². The van der Waals surface area contributed by atoms with Crippen LogP contribution in [-0.4, -0.2) is 17.5 Å². The van der Waals surface area contributed by atoms with E-state index in [1.165, 1.54) is 0 Å². The molecular weight excluding hydrogens is 354 g/mol. The van der Waals surface area contributed by atoms with E-state index in [1.807, 2.05) is 19.9 Å². The number of hydrogen-bond acceptors (Lipinski definition) is 5. The predicted molar refractivity (Wildman–Crippen MR) is 106 cm³/mol. The molecule has 0 saturated heterocycles. The molecule has 1 heterocycles. The lowest BCUT2D eigenvalue weighted by Gasteiger charge is -2.11. The molecule has 0 aliphatic rings. The maximum atomic E-state index is 12.5. The van der Waals surface area contributed by atoms with Crippen LogP contribution in [0.4, 0.5) is 5.69 Å². The summed E-state index contributed by atoms with van der Waals surface area (Å²) >= 11 is 0. The van der Waals surface area contributed by atoms with E-state index in [4.69, 9.17) is 14.7 Å². The molecule has 3 aromatic rings. The molecule has 0 unspecified atom stereocenters. The Morgan fingerprint density at radius 1 is 1.14 bits per heavy atom. The molecule has 0 saturated carbocycles. The molecule has 0 aliphatic carbocycles. The molecule has 1 N–H and O–H groups in total. The molecule has 0 spiro atoms. The fraction of sp³-hybridized carbons (Fsp3) is 0.136. The summed E-state index contributed by atoms with van der Waals surface area (Å²) in [6, 6.07) is 17.6. The van der Waals surface area contributed by atoms with Gasteiger partial charge in [-0.2, -0.15) is 5.26 Å². The van der Waals surface area contributed by atoms with E-state index >= 15 is 0 Å². The number of carbonyl (C=O) groups excluding carboxylic acids is 1. The summed E-state index contributed by atoms with van der Waals surface area (Å²) in [7, 11) is 0. The zero-order valence-electron chi connectivity index (χ0n) is 15.6. The van der Waals surface area contributed by atoms with Crippen molar-refractivity contribution in [1.29, 1.82) is 5.26 Å². The van der Waals surface area contributed by atoms with Crippen molar-refractivity contribution in [3.05, 3.63) is 77.5 Å². The third-order valence-corrected chi connectivity index (χ3v) is 3.98. The number of nitrogens with zero attached hydrogens (tertiary/aromatic N) is 2. The average molecular weight is 373 g/mol. The van der Waals surface area contributed by atoms with Gasteiger partial charge in [0.05, 0.1) is 6.61 Å². The zero-order valence-corrected chi connectivity index (χ0v) is 15.6. The van der Waals surface area contributed by atoms with Crippen LogP contribution in [0.2, 0.25) is 0 Å². The number of rotatable bonds is 6. The number of pyridine rings is 1. The lowest BCUT2D eigenvalue weighted by Crippen LogP contribution is -2.12. The van der Waals surface area contributed by atoms with Crippen molar-refractivity contribution in [2.24, 2.45) is 0 Å². The van der Waals surface area contributed by atoms with Gasteiger partial charge in [0.1, 0.15) is 23.1 Å². The number of amides is 1. The first-order valence-corrected chi connectivity index (χ1v) is 8.78. The maximum Gasteiger partial charge on any atom is 0.255 e. The summed E-state index contributed by atoms with van der Waals surface area (Å²) in [5, 5.41) is 12.0. The van der Waals surface area contributed by atoms with Gasteiger partial charge in [-0.1, -0.05) is 0 Å². The Morgan fingerprint density at radius 2 is 1.89 bits per heavy atom. The van der Waals surface area contributed by atoms with E-state index in [1.54, 1.807) is 60.8 Å². The molecule has 28 heavy (non-hydrogen) atoms. The highest BCUT2D eigenvalue weighted by Crippen LogP contribution is 2.27. The number of anilines is 1. The summed E-state index contributed by atoms with van der Waals surface area (Å²) in [5.74, 6) is 1.29. The number of aryl methyl sites for hydroxylation is 1. The molecule has 0 aliphatic heterocycles. The number of aromatic nitrogens is 1. The largest absolute Gasteiger partial charge is 0.494 e. The lowest BCUT2D eigenvalue weighted by atomic mass is 10.1. The van der Waals surface area contributed by atoms with Crippen molar-refractivity contribution in [2.75, 3.05) is 11.9 Å². The molecule has 140 valence electrons. The number of hydrogen-bond donors (Lipinski definition) is 1. The Labute approximate surface area is 163 Å². The average Bonchev–Trinajstić information content (AvgIpc) is 2.71. The van der Waals surface area contributed by atoms with Crippen molar-refractivity contribution in [1.82, 2.24) is 4.98 Å². The number of carbonyl (C=O) groups is 1. The van der Waals surface area contributed by atoms with E-state index < -0.39 is 0 Å². The quantitative estimate of drug-likeness (QED) is 0.677. The number of nitrogens with one attached hydrogen (secondary N) is 1. The summed E-state index contributed by atoms with van der Waals surface area (Å²) in [6.07, 6.45) is 1.56. The van der Waals surface area contributed by atoms with E-state index in [0.29, 0.717) is 29.2 Å². The van der Waals surface area contributed by atoms with Crippen LogP contribution in [0.15, 0.2) is 60.8 Å². The van der Waals surface area contributed by atoms with Crippen molar-refractivity contribution in [3.63, 3.8) is 0 Å². The Bertz CT molecular complexity index is 1020. The van der Waals surface area contributed by atoms with Crippen LogP contribution in [0.3, 0.4) is 0 Å². The van der Waals surface area contributed by atoms with Gasteiger partial charge in [-0.3, -0.25) is 4.79 Å². The van der Waals surface area contributed by atoms with Gasteiger partial charge in [0.2, 0.25) is 5.88 Å². The first kappa shape index (κ1) is 18.9. The van der Waals surface area contributed by atoms with E-state index in [9.17, 15) is 4.79 Å². The second kappa shape index (κ2) is 8.69. The number of ether oxygens (including phenoxy) is 2. The van der Waals surface area contributed by atoms with Gasteiger partial charge in [-0.25, -0.2) is 4.98 Å². The molecule has 0 radical (unpaired) electrons. The second-order valence-electron chi connectivity index (χ2n) is 5.96. The summed E-state index contributed by atoms with van der Waals surface area (Å²) in [5.41, 5.74) is 2.39. The van der Waals surface area contributed by atoms with E-state index in [0.717, 1.165) is 11.3 Å². The normalized spacial score (nSPS) is 10.0. The van der Waals surface area contributed by atoms with Crippen LogP contribution in [0, 0.1) is 18.3 Å². The molecule has 1 aromatic heterocycles. The van der Waals surface area contributed by atoms with Crippen LogP contribution in [0.5, 0.6) is 17.4 Å². The van der Waals surface area contributed by atoms with Gasteiger partial charge in [0.15, 0.2) is 0 Å². The second-order valence-corrected chi connectivity index (χ2v) is 5.96. The number of benzene rings is 2. The van der Waals surface area contributed by atoms with E-state index in [-0.39, 0.29) is 11.8 Å². The SMILES string of the molecule is CCOc1ccc(C(=O)Nc2ccc(Oc3ncccc3C#N)cc2C)cc1. The minimum atomic E-state index is -0.212. The Balaban J connectivity index is 1.72. The van der Waals surface area contributed by atoms with Gasteiger partial charge in [0, 0.05) is 17.4 Å². The third kappa shape index (κ3) is 4.46. The van der Waals surface area contributed by atoms with Crippen molar-refractivity contribution in [3.8, 4) is 23.4 Å². The standard InChI is InChI=1S/C22H19N3O3/c1-3-27-18-8-6-16(7-9-18)21(26)25-20-11-10-19(13-15(20)2)28-22-17(14-23)5-4-12-24-22/h4-13H,3H2,1-2H3,(H,25,26). The summed E-state index contributed by atoms with van der Waals surface area (Å²) < 4.78 is 11.1. The van der Waals surface area contributed by atoms with Gasteiger partial charge >= 0.3 is 0 Å². The zero-order chi connectivity index (χ0) is 19.9. The van der Waals surface area contributed by atoms with Gasteiger partial charge < -0.3 is 14.8 Å². The highest BCUT2D eigenvalue weighted by atomic mass is 16.5. The molecule has 6 heteroatoms. The molecule has 1 amide bonds. The minimum Gasteiger partial charge on any atom is -0.494 e. The molecule has 6 nitrogen and oxygen atoms in total. The fourth-order valence-electron chi connectivity index (χ4n) is 2.57. The Kier molecular flexibility index (Phi) is 5.87. The van der Waals surface area contributed by atoms with Crippen LogP contribution in [0.1, 0.15) is 28.4 Å². The lowest BCUT2D eigenvalue weighted by molar-refractivity contribution is 0.102. The first-order valence-electron chi connectivity index (χ1n) is 8.78. The Morgan fingerprint density at radius 3 is 2.57 bits per heavy atom. The van der Waals surface area contributed by atoms with Crippen molar-refractivity contribution >= 4 is 11.6 Å². The molecule has 0 fully saturated rings. The smallest absolute Gasteiger partial charge is 0.255 e. The summed E-state index contributed by atoms with van der Waals surface area (Å²) in [4.78, 5) is 16.5. The highest BCUT2D eigenvalue weighted by molar-refractivity contribution is 6.04. The fourth-order valence-corrected chi connectivity index (χ4v) is 2.57. The van der Waals surface area contributed by atoms with Crippen LogP contribution >= 0.6 is 0 Å². The van der Waals surface area contributed by atoms with Gasteiger partial charge in [0.25, 0.3) is 5.91 Å². The minimum absolute atomic E-state index is 0.212. The molecule has 0 bridgehead atoms. The maximum absolute atomic E-state index is 12.5. The number of nitriles is 1. The molecular formula is C22H19N3O3. The Hall–Kier alpha value is -3.85. The highest BCUT2D eigenvalue weighted by Gasteiger charge is 2.10. The molecule has 0 atom stereocenters. The van der Waals surface area contributed by atoms with Gasteiger partial charge in [-0.15, -0.1) is 0 Å². The monoisotopic (exact) mass is 373 g/mol. The summed E-state index contributed by atoms with van der Waals surface area (Å²) in [6.45, 7) is 4.35. The van der Waals surface area contributed by atoms with E-state index in [2.05, 4.69) is 10.3 Å². The topological polar surface area (TPSA) is 84.2 Å². The molecule has 2 aromatic carbocycles. The van der Waals surface area contributed by atoms with Crippen molar-refractivity contribution in [2.45, 2.75) is 13.8 Å². The van der Waals surface area contributed by atoms with Crippen LogP contribution in [-0.2, 0) is 0 Å². The van der Waals surface area contributed by atoms with Crippen LogP contribution in [0.25, 0.3) is 0 Å². The van der Waals surface area contributed by atoms with Crippen molar-refractivity contribution < 1.29 is 14.3 Å². The third-order valence-electron chi connectivity index (χ3n) is 3.98.